The monoisotopic (exact) mass is 295 g/mol. The minimum Gasteiger partial charge on any atom is -0.328 e. The third kappa shape index (κ3) is 1.94. The zero-order valence-electron chi connectivity index (χ0n) is 12.6. The van der Waals surface area contributed by atoms with Crippen LogP contribution in [0.15, 0.2) is 35.7 Å². The lowest BCUT2D eigenvalue weighted by atomic mass is 9.82. The smallest absolute Gasteiger partial charge is 0.226 e. The lowest BCUT2D eigenvalue weighted by Gasteiger charge is -2.33. The highest BCUT2D eigenvalue weighted by Crippen LogP contribution is 2.40. The molecule has 2 aliphatic rings. The number of carbonyl (C=O) groups is 1. The molecule has 1 N–H and O–H groups in total. The van der Waals surface area contributed by atoms with Crippen molar-refractivity contribution >= 4 is 11.7 Å². The van der Waals surface area contributed by atoms with Crippen molar-refractivity contribution in [3.05, 3.63) is 47.2 Å². The van der Waals surface area contributed by atoms with Gasteiger partial charge in [0.25, 0.3) is 0 Å². The summed E-state index contributed by atoms with van der Waals surface area (Å²) in [6.07, 6.45) is 3.18. The Bertz CT molecular complexity index is 777. The summed E-state index contributed by atoms with van der Waals surface area (Å²) in [6.45, 7) is 3.95. The molecule has 0 amide bonds. The fraction of sp³-hybridized carbons (Fsp3) is 0.375. The number of hydrogen-bond donors (Lipinski definition) is 1. The van der Waals surface area contributed by atoms with Gasteiger partial charge in [0.1, 0.15) is 11.9 Å². The van der Waals surface area contributed by atoms with E-state index in [1.165, 1.54) is 0 Å². The normalized spacial score (nSPS) is 23.8. The van der Waals surface area contributed by atoms with Gasteiger partial charge in [-0.15, -0.1) is 0 Å². The minimum absolute atomic E-state index is 0.177. The zero-order valence-corrected chi connectivity index (χ0v) is 12.6. The van der Waals surface area contributed by atoms with Crippen LogP contribution < -0.4 is 5.32 Å². The van der Waals surface area contributed by atoms with E-state index in [9.17, 15) is 4.79 Å². The molecule has 0 bridgehead atoms. The Balaban J connectivity index is 1.92. The summed E-state index contributed by atoms with van der Waals surface area (Å²) in [4.78, 5) is 21.5. The molecular formula is C16H17N5O. The molecule has 4 rings (SSSR count). The Hall–Kier alpha value is -2.50. The maximum absolute atomic E-state index is 12.7. The highest BCUT2D eigenvalue weighted by atomic mass is 16.1. The number of aryl methyl sites for hydroxylation is 1. The van der Waals surface area contributed by atoms with Gasteiger partial charge in [0.05, 0.1) is 5.69 Å². The van der Waals surface area contributed by atoms with Gasteiger partial charge in [-0.2, -0.15) is 10.1 Å². The molecule has 0 fully saturated rings. The Morgan fingerprint density at radius 3 is 2.95 bits per heavy atom. The third-order valence-corrected chi connectivity index (χ3v) is 4.20. The van der Waals surface area contributed by atoms with Crippen molar-refractivity contribution in [3.8, 4) is 0 Å². The molecule has 0 aromatic carbocycles. The molecule has 112 valence electrons. The van der Waals surface area contributed by atoms with Gasteiger partial charge in [0, 0.05) is 23.9 Å². The van der Waals surface area contributed by atoms with Gasteiger partial charge in [-0.3, -0.25) is 9.78 Å². The molecule has 3 heterocycles. The number of fused-ring (bicyclic) bond motifs is 1. The highest BCUT2D eigenvalue weighted by molar-refractivity contribution is 5.99. The molecule has 0 saturated heterocycles. The summed E-state index contributed by atoms with van der Waals surface area (Å²) in [5.41, 5.74) is 2.58. The summed E-state index contributed by atoms with van der Waals surface area (Å²) in [6, 6.07) is 5.46. The van der Waals surface area contributed by atoms with Crippen LogP contribution in [0.3, 0.4) is 0 Å². The topological polar surface area (TPSA) is 72.7 Å². The first kappa shape index (κ1) is 13.2. The van der Waals surface area contributed by atoms with Crippen molar-refractivity contribution in [1.82, 2.24) is 19.7 Å². The largest absolute Gasteiger partial charge is 0.328 e. The molecule has 0 saturated carbocycles. The number of allylic oxidation sites excluding steroid dienone is 2. The average molecular weight is 295 g/mol. The van der Waals surface area contributed by atoms with Crippen molar-refractivity contribution in [2.45, 2.75) is 32.7 Å². The second-order valence-electron chi connectivity index (χ2n) is 6.04. The van der Waals surface area contributed by atoms with Crippen molar-refractivity contribution < 1.29 is 4.79 Å². The number of aromatic nitrogens is 4. The molecule has 0 unspecified atom stereocenters. The van der Waals surface area contributed by atoms with Crippen LogP contribution in [-0.2, 0) is 4.79 Å². The van der Waals surface area contributed by atoms with Crippen LogP contribution in [0.2, 0.25) is 0 Å². The van der Waals surface area contributed by atoms with Crippen molar-refractivity contribution in [2.24, 2.45) is 5.92 Å². The number of carbonyl (C=O) groups excluding carboxylic acids is 1. The third-order valence-electron chi connectivity index (χ3n) is 4.20. The summed E-state index contributed by atoms with van der Waals surface area (Å²) in [5, 5.41) is 7.77. The average Bonchev–Trinajstić information content (AvgIpc) is 2.85. The predicted molar refractivity (Wildman–Crippen MR) is 81.2 cm³/mol. The molecule has 0 spiro atoms. The Morgan fingerprint density at radius 1 is 1.32 bits per heavy atom. The molecule has 2 aromatic heterocycles. The van der Waals surface area contributed by atoms with E-state index in [0.29, 0.717) is 24.1 Å². The molecule has 6 heteroatoms. The number of nitrogens with zero attached hydrogens (tertiary/aromatic N) is 4. The van der Waals surface area contributed by atoms with E-state index in [0.717, 1.165) is 23.4 Å². The van der Waals surface area contributed by atoms with E-state index in [-0.39, 0.29) is 11.8 Å². The standard InChI is InChI=1S/C16H17N5O/c1-9-7-12-14(13(22)8-9)15(11-5-3-4-6-17-11)21-16(19-12)18-10(2)20-21/h3-6,9,15H,7-8H2,1-2H3,(H,18,19,20)/t9-,15-/m0/s1. The molecular weight excluding hydrogens is 278 g/mol. The summed E-state index contributed by atoms with van der Waals surface area (Å²) in [5.74, 6) is 1.90. The maximum atomic E-state index is 12.7. The lowest BCUT2D eigenvalue weighted by Crippen LogP contribution is -2.33. The fourth-order valence-corrected chi connectivity index (χ4v) is 3.32. The SMILES string of the molecule is Cc1nc2n(n1)[C@@H](c1ccccn1)C1=C(C[C@H](C)CC1=O)N2. The molecule has 2 aromatic rings. The van der Waals surface area contributed by atoms with Gasteiger partial charge >= 0.3 is 0 Å². The number of pyridine rings is 1. The van der Waals surface area contributed by atoms with E-state index in [2.05, 4.69) is 27.3 Å². The first-order valence-electron chi connectivity index (χ1n) is 7.51. The van der Waals surface area contributed by atoms with Crippen LogP contribution in [0.25, 0.3) is 0 Å². The van der Waals surface area contributed by atoms with Gasteiger partial charge in [-0.25, -0.2) is 4.68 Å². The molecule has 1 aliphatic carbocycles. The van der Waals surface area contributed by atoms with Crippen LogP contribution in [0, 0.1) is 12.8 Å². The van der Waals surface area contributed by atoms with Gasteiger partial charge in [-0.05, 0) is 31.4 Å². The fourth-order valence-electron chi connectivity index (χ4n) is 3.32. The van der Waals surface area contributed by atoms with E-state index >= 15 is 0 Å². The quantitative estimate of drug-likeness (QED) is 0.873. The zero-order chi connectivity index (χ0) is 15.3. The minimum atomic E-state index is -0.284. The number of hydrogen-bond acceptors (Lipinski definition) is 5. The summed E-state index contributed by atoms with van der Waals surface area (Å²) < 4.78 is 1.78. The highest BCUT2D eigenvalue weighted by Gasteiger charge is 2.38. The number of rotatable bonds is 1. The lowest BCUT2D eigenvalue weighted by molar-refractivity contribution is -0.117. The Labute approximate surface area is 128 Å². The number of anilines is 1. The van der Waals surface area contributed by atoms with Crippen molar-refractivity contribution in [3.63, 3.8) is 0 Å². The molecule has 1 aliphatic heterocycles. The van der Waals surface area contributed by atoms with E-state index in [1.54, 1.807) is 10.9 Å². The van der Waals surface area contributed by atoms with E-state index < -0.39 is 0 Å². The Morgan fingerprint density at radius 2 is 2.18 bits per heavy atom. The number of Topliss-reactive ketones (excluding diaryl/α,β-unsaturated/α-hetero) is 1. The molecule has 0 radical (unpaired) electrons. The molecule has 6 nitrogen and oxygen atoms in total. The maximum Gasteiger partial charge on any atom is 0.226 e. The summed E-state index contributed by atoms with van der Waals surface area (Å²) >= 11 is 0. The molecule has 2 atom stereocenters. The van der Waals surface area contributed by atoms with E-state index in [1.807, 2.05) is 25.1 Å². The van der Waals surface area contributed by atoms with Crippen LogP contribution in [-0.4, -0.2) is 25.5 Å². The van der Waals surface area contributed by atoms with Gasteiger partial charge < -0.3 is 5.32 Å². The van der Waals surface area contributed by atoms with Crippen LogP contribution >= 0.6 is 0 Å². The second kappa shape index (κ2) is 4.76. The van der Waals surface area contributed by atoms with Crippen molar-refractivity contribution in [1.29, 1.82) is 0 Å². The number of nitrogens with one attached hydrogen (secondary N) is 1. The van der Waals surface area contributed by atoms with Gasteiger partial charge in [-0.1, -0.05) is 13.0 Å². The first-order chi connectivity index (χ1) is 10.6. The van der Waals surface area contributed by atoms with Gasteiger partial charge in [0.15, 0.2) is 5.78 Å². The second-order valence-corrected chi connectivity index (χ2v) is 6.04. The van der Waals surface area contributed by atoms with E-state index in [4.69, 9.17) is 0 Å². The van der Waals surface area contributed by atoms with Crippen LogP contribution in [0.4, 0.5) is 5.95 Å². The van der Waals surface area contributed by atoms with Crippen LogP contribution in [0.1, 0.15) is 37.3 Å². The first-order valence-corrected chi connectivity index (χ1v) is 7.51. The van der Waals surface area contributed by atoms with Crippen LogP contribution in [0.5, 0.6) is 0 Å². The van der Waals surface area contributed by atoms with Gasteiger partial charge in [0.2, 0.25) is 5.95 Å². The number of ketones is 1. The molecule has 22 heavy (non-hydrogen) atoms. The Kier molecular flexibility index (Phi) is 2.85. The predicted octanol–water partition coefficient (Wildman–Crippen LogP) is 2.25. The summed E-state index contributed by atoms with van der Waals surface area (Å²) in [7, 11) is 0. The van der Waals surface area contributed by atoms with Crippen molar-refractivity contribution in [2.75, 3.05) is 5.32 Å².